The molecule has 0 heterocycles. The van der Waals surface area contributed by atoms with Crippen molar-refractivity contribution in [1.29, 1.82) is 0 Å². The van der Waals surface area contributed by atoms with Gasteiger partial charge < -0.3 is 0 Å². The van der Waals surface area contributed by atoms with Gasteiger partial charge in [0.1, 0.15) is 0 Å². The van der Waals surface area contributed by atoms with Crippen molar-refractivity contribution in [2.75, 3.05) is 0 Å². The molecule has 0 atom stereocenters. The molecule has 98 valence electrons. The molecule has 1 rings (SSSR count). The molecule has 18 heavy (non-hydrogen) atoms. The number of alkyl halides is 2. The minimum absolute atomic E-state index is 0.302. The summed E-state index contributed by atoms with van der Waals surface area (Å²) in [5.41, 5.74) is 1.39. The lowest BCUT2D eigenvalue weighted by Gasteiger charge is -2.06. The predicted molar refractivity (Wildman–Crippen MR) is 64.9 cm³/mol. The van der Waals surface area contributed by atoms with Crippen LogP contribution in [0.3, 0.4) is 0 Å². The van der Waals surface area contributed by atoms with Gasteiger partial charge >= 0.3 is 0 Å². The maximum absolute atomic E-state index is 12.0. The Labute approximate surface area is 105 Å². The van der Waals surface area contributed by atoms with Crippen molar-refractivity contribution in [3.8, 4) is 0 Å². The molecular formula is C14H16F2O2. The first-order valence-electron chi connectivity index (χ1n) is 5.83. The Morgan fingerprint density at radius 2 is 1.67 bits per heavy atom. The molecule has 0 unspecified atom stereocenters. The summed E-state index contributed by atoms with van der Waals surface area (Å²) >= 11 is 0. The van der Waals surface area contributed by atoms with E-state index >= 15 is 0 Å². The van der Waals surface area contributed by atoms with Gasteiger partial charge in [-0.3, -0.25) is 9.59 Å². The van der Waals surface area contributed by atoms with Crippen LogP contribution in [-0.2, 0) is 11.2 Å². The topological polar surface area (TPSA) is 34.1 Å². The van der Waals surface area contributed by atoms with Crippen molar-refractivity contribution in [2.45, 2.75) is 33.1 Å². The molecule has 0 radical (unpaired) electrons. The number of hydrogen-bond donors (Lipinski definition) is 0. The van der Waals surface area contributed by atoms with E-state index in [4.69, 9.17) is 0 Å². The molecular weight excluding hydrogens is 238 g/mol. The molecule has 0 fully saturated rings. The normalized spacial score (nSPS) is 11.0. The van der Waals surface area contributed by atoms with Crippen LogP contribution in [0.2, 0.25) is 0 Å². The quantitative estimate of drug-likeness (QED) is 0.576. The highest BCUT2D eigenvalue weighted by molar-refractivity contribution is 6.08. The SMILES string of the molecule is CC(C)Cc1ccc(C(=O)CC(=O)C(F)F)cc1. The number of ketones is 2. The molecule has 0 aromatic heterocycles. The first kappa shape index (κ1) is 14.5. The van der Waals surface area contributed by atoms with Gasteiger partial charge in [0.25, 0.3) is 6.43 Å². The van der Waals surface area contributed by atoms with Crippen LogP contribution in [0.1, 0.15) is 36.2 Å². The van der Waals surface area contributed by atoms with Gasteiger partial charge in [0, 0.05) is 5.56 Å². The molecule has 0 bridgehead atoms. The van der Waals surface area contributed by atoms with E-state index < -0.39 is 24.4 Å². The van der Waals surface area contributed by atoms with Crippen LogP contribution < -0.4 is 0 Å². The van der Waals surface area contributed by atoms with Gasteiger partial charge in [0.2, 0.25) is 5.78 Å². The lowest BCUT2D eigenvalue weighted by Crippen LogP contribution is -2.15. The number of rotatable bonds is 6. The molecule has 1 aromatic rings. The molecule has 2 nitrogen and oxygen atoms in total. The minimum Gasteiger partial charge on any atom is -0.294 e. The average molecular weight is 254 g/mol. The van der Waals surface area contributed by atoms with Gasteiger partial charge in [0.05, 0.1) is 6.42 Å². The van der Waals surface area contributed by atoms with Crippen LogP contribution in [-0.4, -0.2) is 18.0 Å². The minimum atomic E-state index is -3.07. The zero-order valence-electron chi connectivity index (χ0n) is 10.5. The zero-order chi connectivity index (χ0) is 13.7. The largest absolute Gasteiger partial charge is 0.296 e. The highest BCUT2D eigenvalue weighted by Gasteiger charge is 2.19. The van der Waals surface area contributed by atoms with Crippen molar-refractivity contribution >= 4 is 11.6 Å². The van der Waals surface area contributed by atoms with E-state index in [2.05, 4.69) is 13.8 Å². The highest BCUT2D eigenvalue weighted by atomic mass is 19.3. The number of benzene rings is 1. The molecule has 0 spiro atoms. The van der Waals surface area contributed by atoms with Crippen LogP contribution in [0.15, 0.2) is 24.3 Å². The number of hydrogen-bond acceptors (Lipinski definition) is 2. The van der Waals surface area contributed by atoms with Gasteiger partial charge in [-0.1, -0.05) is 38.1 Å². The summed E-state index contributed by atoms with van der Waals surface area (Å²) in [4.78, 5) is 22.3. The van der Waals surface area contributed by atoms with E-state index in [1.807, 2.05) is 0 Å². The molecule has 0 saturated carbocycles. The van der Waals surface area contributed by atoms with Crippen molar-refractivity contribution in [3.05, 3.63) is 35.4 Å². The second-order valence-corrected chi connectivity index (χ2v) is 4.66. The number of Topliss-reactive ketones (excluding diaryl/α,β-unsaturated/α-hetero) is 2. The Morgan fingerprint density at radius 3 is 2.11 bits per heavy atom. The Balaban J connectivity index is 2.67. The molecule has 0 aliphatic heterocycles. The van der Waals surface area contributed by atoms with Crippen molar-refractivity contribution in [3.63, 3.8) is 0 Å². The van der Waals surface area contributed by atoms with Crippen LogP contribution in [0.4, 0.5) is 8.78 Å². The second-order valence-electron chi connectivity index (χ2n) is 4.66. The van der Waals surface area contributed by atoms with E-state index in [0.717, 1.165) is 12.0 Å². The fraction of sp³-hybridized carbons (Fsp3) is 0.429. The van der Waals surface area contributed by atoms with Crippen LogP contribution >= 0.6 is 0 Å². The summed E-state index contributed by atoms with van der Waals surface area (Å²) in [6.07, 6.45) is -2.92. The maximum atomic E-state index is 12.0. The van der Waals surface area contributed by atoms with E-state index in [-0.39, 0.29) is 0 Å². The molecule has 0 amide bonds. The van der Waals surface area contributed by atoms with E-state index in [1.54, 1.807) is 24.3 Å². The van der Waals surface area contributed by atoms with Crippen LogP contribution in [0, 0.1) is 5.92 Å². The van der Waals surface area contributed by atoms with Crippen molar-refractivity contribution in [2.24, 2.45) is 5.92 Å². The fourth-order valence-corrected chi connectivity index (χ4v) is 1.64. The third-order valence-electron chi connectivity index (χ3n) is 2.50. The summed E-state index contributed by atoms with van der Waals surface area (Å²) in [6, 6.07) is 6.75. The van der Waals surface area contributed by atoms with Gasteiger partial charge in [-0.25, -0.2) is 8.78 Å². The number of carbonyl (C=O) groups excluding carboxylic acids is 2. The Bertz CT molecular complexity index is 422. The van der Waals surface area contributed by atoms with Gasteiger partial charge in [0.15, 0.2) is 5.78 Å². The molecule has 0 aliphatic rings. The van der Waals surface area contributed by atoms with Crippen molar-refractivity contribution < 1.29 is 18.4 Å². The lowest BCUT2D eigenvalue weighted by atomic mass is 9.99. The van der Waals surface area contributed by atoms with E-state index in [9.17, 15) is 18.4 Å². The summed E-state index contributed by atoms with van der Waals surface area (Å²) < 4.78 is 24.0. The Kier molecular flexibility index (Phi) is 5.13. The molecule has 0 saturated heterocycles. The summed E-state index contributed by atoms with van der Waals surface area (Å²) in [5, 5.41) is 0. The third kappa shape index (κ3) is 4.35. The van der Waals surface area contributed by atoms with Crippen LogP contribution in [0.5, 0.6) is 0 Å². The monoisotopic (exact) mass is 254 g/mol. The fourth-order valence-electron chi connectivity index (χ4n) is 1.64. The van der Waals surface area contributed by atoms with E-state index in [0.29, 0.717) is 11.5 Å². The van der Waals surface area contributed by atoms with E-state index in [1.165, 1.54) is 0 Å². The molecule has 4 heteroatoms. The molecule has 0 N–H and O–H groups in total. The Hall–Kier alpha value is -1.58. The summed E-state index contributed by atoms with van der Waals surface area (Å²) in [7, 11) is 0. The first-order chi connectivity index (χ1) is 8.40. The number of halogens is 2. The second kappa shape index (κ2) is 6.38. The highest BCUT2D eigenvalue weighted by Crippen LogP contribution is 2.12. The van der Waals surface area contributed by atoms with Gasteiger partial charge in [-0.05, 0) is 17.9 Å². The first-order valence-corrected chi connectivity index (χ1v) is 5.83. The van der Waals surface area contributed by atoms with Crippen LogP contribution in [0.25, 0.3) is 0 Å². The molecule has 1 aromatic carbocycles. The average Bonchev–Trinajstić information content (AvgIpc) is 2.28. The standard InChI is InChI=1S/C14H16F2O2/c1-9(2)7-10-3-5-11(6-4-10)12(17)8-13(18)14(15)16/h3-6,9,14H,7-8H2,1-2H3. The van der Waals surface area contributed by atoms with Crippen molar-refractivity contribution in [1.82, 2.24) is 0 Å². The third-order valence-corrected chi connectivity index (χ3v) is 2.50. The van der Waals surface area contributed by atoms with Gasteiger partial charge in [-0.2, -0.15) is 0 Å². The maximum Gasteiger partial charge on any atom is 0.296 e. The molecule has 0 aliphatic carbocycles. The number of carbonyl (C=O) groups is 2. The summed E-state index contributed by atoms with van der Waals surface area (Å²) in [5.74, 6) is -1.38. The predicted octanol–water partition coefficient (Wildman–Crippen LogP) is 3.29. The van der Waals surface area contributed by atoms with Gasteiger partial charge in [-0.15, -0.1) is 0 Å². The lowest BCUT2D eigenvalue weighted by molar-refractivity contribution is -0.128. The zero-order valence-corrected chi connectivity index (χ0v) is 10.5. The smallest absolute Gasteiger partial charge is 0.294 e. The Morgan fingerprint density at radius 1 is 1.11 bits per heavy atom. The summed E-state index contributed by atoms with van der Waals surface area (Å²) in [6.45, 7) is 4.17.